The lowest BCUT2D eigenvalue weighted by Crippen LogP contribution is -2.22. The lowest BCUT2D eigenvalue weighted by Gasteiger charge is -2.10. The lowest BCUT2D eigenvalue weighted by molar-refractivity contribution is -0.145. The Morgan fingerprint density at radius 3 is 2.59 bits per heavy atom. The maximum atomic E-state index is 12.6. The van der Waals surface area contributed by atoms with E-state index in [0.29, 0.717) is 21.7 Å². The molecule has 0 atom stereocenters. The number of hydrogen-bond acceptors (Lipinski definition) is 4. The van der Waals surface area contributed by atoms with Gasteiger partial charge in [-0.2, -0.15) is 13.2 Å². The predicted molar refractivity (Wildman–Crippen MR) is 101 cm³/mol. The molecule has 9 heteroatoms. The van der Waals surface area contributed by atoms with E-state index in [1.165, 1.54) is 0 Å². The topological polar surface area (TPSA) is 63.1 Å². The molecule has 0 fully saturated rings. The largest absolute Gasteiger partial charge is 0.451 e. The first-order valence-electron chi connectivity index (χ1n) is 8.29. The lowest BCUT2D eigenvalue weighted by atomic mass is 10.2. The van der Waals surface area contributed by atoms with Crippen molar-refractivity contribution in [1.82, 2.24) is 20.3 Å². The average molecular weight is 442 g/mol. The number of aromatic nitrogens is 3. The molecule has 0 saturated carbocycles. The van der Waals surface area contributed by atoms with Crippen molar-refractivity contribution in [3.8, 4) is 0 Å². The Balaban J connectivity index is 2.25. The van der Waals surface area contributed by atoms with Crippen LogP contribution in [0.2, 0.25) is 0 Å². The van der Waals surface area contributed by atoms with Crippen LogP contribution in [-0.4, -0.2) is 20.8 Å². The molecule has 1 N–H and O–H groups in total. The van der Waals surface area contributed by atoms with E-state index in [0.717, 1.165) is 30.8 Å². The van der Waals surface area contributed by atoms with Crippen LogP contribution >= 0.6 is 15.9 Å². The number of hydrogen-bond donors (Lipinski definition) is 1. The molecule has 2 heterocycles. The van der Waals surface area contributed by atoms with Crippen molar-refractivity contribution in [1.29, 1.82) is 0 Å². The third-order valence-electron chi connectivity index (χ3n) is 3.46. The summed E-state index contributed by atoms with van der Waals surface area (Å²) in [6, 6.07) is 3.73. The summed E-state index contributed by atoms with van der Waals surface area (Å²) in [6.45, 7) is 4.10. The van der Waals surface area contributed by atoms with E-state index in [-0.39, 0.29) is 6.54 Å². The molecular weight excluding hydrogens is 423 g/mol. The van der Waals surface area contributed by atoms with Gasteiger partial charge in [-0.25, -0.2) is 15.0 Å². The highest BCUT2D eigenvalue weighted by atomic mass is 79.9. The summed E-state index contributed by atoms with van der Waals surface area (Å²) in [6.07, 6.45) is 3.39. The third-order valence-corrected chi connectivity index (χ3v) is 3.90. The van der Waals surface area contributed by atoms with Gasteiger partial charge in [0.1, 0.15) is 10.3 Å². The molecule has 0 aliphatic rings. The van der Waals surface area contributed by atoms with Crippen molar-refractivity contribution in [3.63, 3.8) is 0 Å². The summed E-state index contributed by atoms with van der Waals surface area (Å²) >= 11 is 3.34. The van der Waals surface area contributed by atoms with E-state index in [2.05, 4.69) is 48.1 Å². The highest BCUT2D eigenvalue weighted by molar-refractivity contribution is 9.10. The van der Waals surface area contributed by atoms with Gasteiger partial charge in [-0.1, -0.05) is 25.5 Å². The summed E-state index contributed by atoms with van der Waals surface area (Å²) in [5.41, 5.74) is 2.03. The molecule has 0 radical (unpaired) electrons. The second-order valence-corrected chi connectivity index (χ2v) is 6.52. The van der Waals surface area contributed by atoms with Crippen LogP contribution in [0.3, 0.4) is 0 Å². The van der Waals surface area contributed by atoms with Crippen molar-refractivity contribution in [3.05, 3.63) is 64.1 Å². The molecule has 2 rings (SSSR count). The van der Waals surface area contributed by atoms with Gasteiger partial charge >= 0.3 is 6.18 Å². The van der Waals surface area contributed by atoms with Crippen LogP contribution in [0, 0.1) is 6.92 Å². The average Bonchev–Trinajstić information content (AvgIpc) is 2.63. The second kappa shape index (κ2) is 9.59. The number of nitrogens with zero attached hydrogens (tertiary/aromatic N) is 4. The van der Waals surface area contributed by atoms with Gasteiger partial charge in [0.2, 0.25) is 5.82 Å². The van der Waals surface area contributed by atoms with Crippen LogP contribution in [0.4, 0.5) is 13.2 Å². The van der Waals surface area contributed by atoms with E-state index in [1.54, 1.807) is 6.20 Å². The minimum atomic E-state index is -4.56. The molecule has 2 aromatic heterocycles. The fourth-order valence-electron chi connectivity index (χ4n) is 2.07. The fourth-order valence-corrected chi connectivity index (χ4v) is 2.38. The SMILES string of the molecule is CCC/C=C/NC(=NCc1cnc(C(F)(F)F)nc1)c1nc(Br)ccc1C. The summed E-state index contributed by atoms with van der Waals surface area (Å²) < 4.78 is 38.3. The van der Waals surface area contributed by atoms with E-state index >= 15 is 0 Å². The zero-order valence-corrected chi connectivity index (χ0v) is 16.5. The molecule has 0 aliphatic carbocycles. The molecule has 0 spiro atoms. The maximum Gasteiger partial charge on any atom is 0.451 e. The number of amidine groups is 1. The molecule has 2 aromatic rings. The maximum absolute atomic E-state index is 12.6. The zero-order chi connectivity index (χ0) is 19.9. The molecule has 0 amide bonds. The Labute approximate surface area is 164 Å². The van der Waals surface area contributed by atoms with Crippen LogP contribution in [0.15, 0.2) is 46.4 Å². The van der Waals surface area contributed by atoms with E-state index in [9.17, 15) is 13.2 Å². The van der Waals surface area contributed by atoms with Crippen LogP contribution < -0.4 is 5.32 Å². The predicted octanol–water partition coefficient (Wildman–Crippen LogP) is 4.81. The molecule has 144 valence electrons. The first-order valence-corrected chi connectivity index (χ1v) is 9.08. The molecule has 0 aliphatic heterocycles. The minimum Gasteiger partial charge on any atom is -0.345 e. The van der Waals surface area contributed by atoms with Gasteiger partial charge in [0, 0.05) is 18.0 Å². The number of allylic oxidation sites excluding steroid dienone is 1. The van der Waals surface area contributed by atoms with Crippen molar-refractivity contribution < 1.29 is 13.2 Å². The van der Waals surface area contributed by atoms with Gasteiger partial charge < -0.3 is 5.32 Å². The Morgan fingerprint density at radius 1 is 1.26 bits per heavy atom. The first kappa shape index (κ1) is 21.0. The van der Waals surface area contributed by atoms with Gasteiger partial charge in [-0.3, -0.25) is 4.99 Å². The Hall–Kier alpha value is -2.29. The Morgan fingerprint density at radius 2 is 1.96 bits per heavy atom. The summed E-state index contributed by atoms with van der Waals surface area (Å²) in [4.78, 5) is 15.6. The zero-order valence-electron chi connectivity index (χ0n) is 14.9. The smallest absolute Gasteiger partial charge is 0.345 e. The molecule has 0 saturated heterocycles. The number of rotatable bonds is 6. The fraction of sp³-hybridized carbons (Fsp3) is 0.333. The number of aliphatic imine (C=N–C) groups is 1. The number of aryl methyl sites for hydroxylation is 1. The molecular formula is C18H19BrF3N5. The summed E-state index contributed by atoms with van der Waals surface area (Å²) in [5, 5.41) is 3.11. The molecule has 0 bridgehead atoms. The van der Waals surface area contributed by atoms with Gasteiger partial charge in [0.05, 0.1) is 6.54 Å². The first-order chi connectivity index (χ1) is 12.8. The molecule has 0 unspecified atom stereocenters. The van der Waals surface area contributed by atoms with Crippen LogP contribution in [-0.2, 0) is 12.7 Å². The highest BCUT2D eigenvalue weighted by Gasteiger charge is 2.34. The Kier molecular flexibility index (Phi) is 7.46. The quantitative estimate of drug-likeness (QED) is 0.396. The second-order valence-electron chi connectivity index (χ2n) is 5.71. The summed E-state index contributed by atoms with van der Waals surface area (Å²) in [5.74, 6) is -0.651. The monoisotopic (exact) mass is 441 g/mol. The molecule has 0 aromatic carbocycles. The van der Waals surface area contributed by atoms with Gasteiger partial charge in [-0.15, -0.1) is 0 Å². The number of alkyl halides is 3. The molecule has 5 nitrogen and oxygen atoms in total. The molecule has 27 heavy (non-hydrogen) atoms. The number of nitrogens with one attached hydrogen (secondary N) is 1. The number of halogens is 4. The number of unbranched alkanes of at least 4 members (excludes halogenated alkanes) is 1. The Bertz CT molecular complexity index is 817. The van der Waals surface area contributed by atoms with Crippen LogP contribution in [0.25, 0.3) is 0 Å². The number of pyridine rings is 1. The minimum absolute atomic E-state index is 0.121. The van der Waals surface area contributed by atoms with E-state index in [1.807, 2.05) is 25.1 Å². The van der Waals surface area contributed by atoms with E-state index < -0.39 is 12.0 Å². The highest BCUT2D eigenvalue weighted by Crippen LogP contribution is 2.25. The van der Waals surface area contributed by atoms with Crippen LogP contribution in [0.1, 0.15) is 42.4 Å². The normalized spacial score (nSPS) is 12.6. The van der Waals surface area contributed by atoms with Crippen molar-refractivity contribution >= 4 is 21.8 Å². The van der Waals surface area contributed by atoms with Gasteiger partial charge in [-0.05, 0) is 47.1 Å². The van der Waals surface area contributed by atoms with Crippen molar-refractivity contribution in [2.45, 2.75) is 39.4 Å². The van der Waals surface area contributed by atoms with Crippen molar-refractivity contribution in [2.75, 3.05) is 0 Å². The standard InChI is InChI=1S/C18H19BrF3N5/c1-3-4-5-8-23-16(15-12(2)6-7-14(19)27-15)24-9-13-10-25-17(26-11-13)18(20,21)22/h5-8,10-11H,3-4,9H2,1-2H3,(H,23,24)/b8-5+. The third kappa shape index (κ3) is 6.42. The summed E-state index contributed by atoms with van der Waals surface area (Å²) in [7, 11) is 0. The van der Waals surface area contributed by atoms with Gasteiger partial charge in [0.15, 0.2) is 5.84 Å². The van der Waals surface area contributed by atoms with E-state index in [4.69, 9.17) is 0 Å². The van der Waals surface area contributed by atoms with Crippen LogP contribution in [0.5, 0.6) is 0 Å². The van der Waals surface area contributed by atoms with Crippen molar-refractivity contribution in [2.24, 2.45) is 4.99 Å². The van der Waals surface area contributed by atoms with Gasteiger partial charge in [0.25, 0.3) is 0 Å².